The van der Waals surface area contributed by atoms with Crippen LogP contribution in [-0.4, -0.2) is 36.2 Å². The third kappa shape index (κ3) is 3.80. The largest absolute Gasteiger partial charge is 0.378 e. The molecule has 0 aliphatic carbocycles. The van der Waals surface area contributed by atoms with Crippen molar-refractivity contribution in [1.82, 2.24) is 4.98 Å². The molecular weight excluding hydrogens is 260 g/mol. The van der Waals surface area contributed by atoms with Gasteiger partial charge in [-0.25, -0.2) is 4.98 Å². The SMILES string of the molecule is CNc1ccc([N+](=O)[O-])c(NCCC2CCCCO2)n1. The van der Waals surface area contributed by atoms with Gasteiger partial charge in [0.25, 0.3) is 0 Å². The van der Waals surface area contributed by atoms with Crippen molar-refractivity contribution in [2.24, 2.45) is 0 Å². The Morgan fingerprint density at radius 2 is 2.35 bits per heavy atom. The number of hydrogen-bond donors (Lipinski definition) is 2. The minimum atomic E-state index is -0.425. The number of ether oxygens (including phenoxy) is 1. The van der Waals surface area contributed by atoms with Gasteiger partial charge < -0.3 is 15.4 Å². The van der Waals surface area contributed by atoms with Crippen molar-refractivity contribution < 1.29 is 9.66 Å². The maximum absolute atomic E-state index is 11.0. The molecule has 0 amide bonds. The fourth-order valence-corrected chi connectivity index (χ4v) is 2.26. The summed E-state index contributed by atoms with van der Waals surface area (Å²) in [5.41, 5.74) is -0.00596. The van der Waals surface area contributed by atoms with Crippen LogP contribution in [0.3, 0.4) is 0 Å². The smallest absolute Gasteiger partial charge is 0.311 e. The first kappa shape index (κ1) is 14.5. The molecule has 7 nitrogen and oxygen atoms in total. The highest BCUT2D eigenvalue weighted by Gasteiger charge is 2.17. The molecule has 110 valence electrons. The van der Waals surface area contributed by atoms with Gasteiger partial charge in [0.05, 0.1) is 11.0 Å². The van der Waals surface area contributed by atoms with E-state index in [-0.39, 0.29) is 11.8 Å². The zero-order chi connectivity index (χ0) is 14.4. The van der Waals surface area contributed by atoms with Crippen LogP contribution in [0.25, 0.3) is 0 Å². The normalized spacial score (nSPS) is 18.6. The van der Waals surface area contributed by atoms with E-state index in [1.165, 1.54) is 12.5 Å². The number of pyridine rings is 1. The van der Waals surface area contributed by atoms with Gasteiger partial charge in [-0.05, 0) is 31.7 Å². The Bertz CT molecular complexity index is 461. The zero-order valence-electron chi connectivity index (χ0n) is 11.6. The standard InChI is InChI=1S/C13H20N4O3/c1-14-12-6-5-11(17(18)19)13(16-12)15-8-7-10-4-2-3-9-20-10/h5-6,10H,2-4,7-9H2,1H3,(H2,14,15,16). The summed E-state index contributed by atoms with van der Waals surface area (Å²) in [5, 5.41) is 16.9. The third-order valence-corrected chi connectivity index (χ3v) is 3.36. The molecule has 0 saturated carbocycles. The lowest BCUT2D eigenvalue weighted by Gasteiger charge is -2.22. The fraction of sp³-hybridized carbons (Fsp3) is 0.615. The van der Waals surface area contributed by atoms with Crippen LogP contribution in [0.2, 0.25) is 0 Å². The number of nitrogens with one attached hydrogen (secondary N) is 2. The maximum Gasteiger partial charge on any atom is 0.311 e. The molecule has 0 aromatic carbocycles. The highest BCUT2D eigenvalue weighted by atomic mass is 16.6. The lowest BCUT2D eigenvalue weighted by molar-refractivity contribution is -0.384. The lowest BCUT2D eigenvalue weighted by Crippen LogP contribution is -2.22. The predicted octanol–water partition coefficient (Wildman–Crippen LogP) is 2.40. The number of nitrogens with zero attached hydrogens (tertiary/aromatic N) is 2. The number of rotatable bonds is 6. The second-order valence-corrected chi connectivity index (χ2v) is 4.78. The summed E-state index contributed by atoms with van der Waals surface area (Å²) >= 11 is 0. The molecule has 0 radical (unpaired) electrons. The molecule has 1 unspecified atom stereocenters. The molecule has 1 saturated heterocycles. The Labute approximate surface area is 117 Å². The summed E-state index contributed by atoms with van der Waals surface area (Å²) in [4.78, 5) is 14.7. The highest BCUT2D eigenvalue weighted by molar-refractivity contribution is 5.60. The number of aromatic nitrogens is 1. The molecule has 2 rings (SSSR count). The average Bonchev–Trinajstić information content (AvgIpc) is 2.48. The second kappa shape index (κ2) is 7.04. The maximum atomic E-state index is 11.0. The monoisotopic (exact) mass is 280 g/mol. The Morgan fingerprint density at radius 3 is 3.00 bits per heavy atom. The minimum absolute atomic E-state index is 0.00596. The summed E-state index contributed by atoms with van der Waals surface area (Å²) in [6.07, 6.45) is 4.47. The number of anilines is 2. The predicted molar refractivity (Wildman–Crippen MR) is 77.1 cm³/mol. The molecule has 1 aromatic heterocycles. The average molecular weight is 280 g/mol. The summed E-state index contributed by atoms with van der Waals surface area (Å²) in [7, 11) is 1.73. The number of hydrogen-bond acceptors (Lipinski definition) is 6. The van der Waals surface area contributed by atoms with Crippen LogP contribution in [0.15, 0.2) is 12.1 Å². The lowest BCUT2D eigenvalue weighted by atomic mass is 10.1. The third-order valence-electron chi connectivity index (χ3n) is 3.36. The van der Waals surface area contributed by atoms with Crippen LogP contribution < -0.4 is 10.6 Å². The van der Waals surface area contributed by atoms with E-state index in [0.29, 0.717) is 18.2 Å². The van der Waals surface area contributed by atoms with E-state index in [1.807, 2.05) is 0 Å². The van der Waals surface area contributed by atoms with E-state index in [9.17, 15) is 10.1 Å². The zero-order valence-corrected chi connectivity index (χ0v) is 11.6. The first-order valence-corrected chi connectivity index (χ1v) is 6.89. The highest BCUT2D eigenvalue weighted by Crippen LogP contribution is 2.24. The van der Waals surface area contributed by atoms with Gasteiger partial charge in [-0.15, -0.1) is 0 Å². The molecule has 1 atom stereocenters. The van der Waals surface area contributed by atoms with Gasteiger partial charge in [0.15, 0.2) is 0 Å². The van der Waals surface area contributed by atoms with Gasteiger partial charge in [-0.2, -0.15) is 0 Å². The van der Waals surface area contributed by atoms with Crippen molar-refractivity contribution in [1.29, 1.82) is 0 Å². The summed E-state index contributed by atoms with van der Waals surface area (Å²) in [5.74, 6) is 0.907. The molecular formula is C13H20N4O3. The molecule has 2 heterocycles. The fourth-order valence-electron chi connectivity index (χ4n) is 2.26. The summed E-state index contributed by atoms with van der Waals surface area (Å²) < 4.78 is 5.63. The second-order valence-electron chi connectivity index (χ2n) is 4.78. The van der Waals surface area contributed by atoms with E-state index in [2.05, 4.69) is 15.6 Å². The van der Waals surface area contributed by atoms with Crippen LogP contribution in [0, 0.1) is 10.1 Å². The van der Waals surface area contributed by atoms with E-state index in [0.717, 1.165) is 25.9 Å². The first-order valence-electron chi connectivity index (χ1n) is 6.89. The molecule has 1 fully saturated rings. The molecule has 1 aliphatic heterocycles. The van der Waals surface area contributed by atoms with Gasteiger partial charge in [-0.1, -0.05) is 0 Å². The van der Waals surface area contributed by atoms with Crippen LogP contribution in [0.5, 0.6) is 0 Å². The first-order chi connectivity index (χ1) is 9.70. The van der Waals surface area contributed by atoms with Gasteiger partial charge >= 0.3 is 5.69 Å². The Hall–Kier alpha value is -1.89. The van der Waals surface area contributed by atoms with Crippen molar-refractivity contribution in [3.8, 4) is 0 Å². The summed E-state index contributed by atoms with van der Waals surface area (Å²) in [6, 6.07) is 3.05. The molecule has 1 aliphatic rings. The van der Waals surface area contributed by atoms with Crippen LogP contribution >= 0.6 is 0 Å². The van der Waals surface area contributed by atoms with E-state index in [4.69, 9.17) is 4.74 Å². The van der Waals surface area contributed by atoms with Crippen molar-refractivity contribution in [3.63, 3.8) is 0 Å². The van der Waals surface area contributed by atoms with Gasteiger partial charge in [0.1, 0.15) is 5.82 Å². The van der Waals surface area contributed by atoms with Gasteiger partial charge in [0.2, 0.25) is 5.82 Å². The molecule has 7 heteroatoms. The molecule has 20 heavy (non-hydrogen) atoms. The van der Waals surface area contributed by atoms with E-state index < -0.39 is 4.92 Å². The molecule has 0 spiro atoms. The van der Waals surface area contributed by atoms with Gasteiger partial charge in [0, 0.05) is 26.3 Å². The minimum Gasteiger partial charge on any atom is -0.378 e. The van der Waals surface area contributed by atoms with E-state index in [1.54, 1.807) is 13.1 Å². The molecule has 2 N–H and O–H groups in total. The Balaban J connectivity index is 1.94. The van der Waals surface area contributed by atoms with Crippen molar-refractivity contribution in [2.45, 2.75) is 31.8 Å². The van der Waals surface area contributed by atoms with Crippen LogP contribution in [0.1, 0.15) is 25.7 Å². The molecule has 1 aromatic rings. The van der Waals surface area contributed by atoms with Gasteiger partial charge in [-0.3, -0.25) is 10.1 Å². The number of nitro groups is 1. The molecule has 0 bridgehead atoms. The Morgan fingerprint density at radius 1 is 1.50 bits per heavy atom. The van der Waals surface area contributed by atoms with Crippen LogP contribution in [-0.2, 0) is 4.74 Å². The topological polar surface area (TPSA) is 89.3 Å². The van der Waals surface area contributed by atoms with Crippen molar-refractivity contribution >= 4 is 17.3 Å². The van der Waals surface area contributed by atoms with Crippen molar-refractivity contribution in [3.05, 3.63) is 22.2 Å². The Kier molecular flexibility index (Phi) is 5.11. The summed E-state index contributed by atoms with van der Waals surface area (Å²) in [6.45, 7) is 1.43. The quantitative estimate of drug-likeness (QED) is 0.614. The van der Waals surface area contributed by atoms with Crippen molar-refractivity contribution in [2.75, 3.05) is 30.8 Å². The van der Waals surface area contributed by atoms with Crippen LogP contribution in [0.4, 0.5) is 17.3 Å². The van der Waals surface area contributed by atoms with E-state index >= 15 is 0 Å².